The fourth-order valence-corrected chi connectivity index (χ4v) is 0.972. The van der Waals surface area contributed by atoms with Crippen molar-refractivity contribution in [2.45, 2.75) is 44.3 Å². The Kier molecular flexibility index (Phi) is 13.5. The van der Waals surface area contributed by atoms with E-state index in [-0.39, 0.29) is 0 Å². The highest BCUT2D eigenvalue weighted by Gasteiger charge is 2.20. The van der Waals surface area contributed by atoms with Crippen LogP contribution in [-0.2, 0) is 19.1 Å². The van der Waals surface area contributed by atoms with Crippen molar-refractivity contribution in [2.24, 2.45) is 22.9 Å². The largest absolute Gasteiger partial charge is 0.480 e. The molecule has 0 rings (SSSR count). The molecule has 0 spiro atoms. The van der Waals surface area contributed by atoms with Crippen molar-refractivity contribution in [3.05, 3.63) is 0 Å². The maximum absolute atomic E-state index is 11.2. The second-order valence-corrected chi connectivity index (χ2v) is 4.55. The van der Waals surface area contributed by atoms with Crippen LogP contribution in [0.1, 0.15) is 26.2 Å². The van der Waals surface area contributed by atoms with Crippen LogP contribution in [-0.4, -0.2) is 59.4 Å². The molecular formula is C12H26N4O6. The average molecular weight is 322 g/mol. The van der Waals surface area contributed by atoms with Gasteiger partial charge in [0.2, 0.25) is 0 Å². The van der Waals surface area contributed by atoms with Crippen molar-refractivity contribution in [1.82, 2.24) is 0 Å². The number of esters is 2. The summed E-state index contributed by atoms with van der Waals surface area (Å²) >= 11 is 0. The van der Waals surface area contributed by atoms with Gasteiger partial charge in [0.15, 0.2) is 0 Å². The molecule has 0 bridgehead atoms. The van der Waals surface area contributed by atoms with Crippen molar-refractivity contribution in [3.63, 3.8) is 0 Å². The van der Waals surface area contributed by atoms with E-state index in [0.29, 0.717) is 13.0 Å². The van der Waals surface area contributed by atoms with E-state index in [1.807, 2.05) is 0 Å². The Morgan fingerprint density at radius 2 is 1.59 bits per heavy atom. The lowest BCUT2D eigenvalue weighted by Crippen LogP contribution is -2.38. The number of carboxylic acids is 1. The lowest BCUT2D eigenvalue weighted by Gasteiger charge is -2.10. The molecule has 10 nitrogen and oxygen atoms in total. The molecule has 10 N–H and O–H groups in total. The van der Waals surface area contributed by atoms with E-state index >= 15 is 0 Å². The van der Waals surface area contributed by atoms with Gasteiger partial charge in [0.05, 0.1) is 6.61 Å². The SMILES string of the molecule is C[C@H](N)C(=O)OC(=O)[C@@H](N)CCCCN.N[C@@H](CO)C(=O)O. The average Bonchev–Trinajstić information content (AvgIpc) is 2.46. The lowest BCUT2D eigenvalue weighted by atomic mass is 10.1. The van der Waals surface area contributed by atoms with Crippen LogP contribution in [0.5, 0.6) is 0 Å². The maximum atomic E-state index is 11.2. The molecule has 0 aliphatic heterocycles. The molecule has 0 aliphatic carbocycles. The molecule has 0 fully saturated rings. The number of ether oxygens (including phenoxy) is 1. The van der Waals surface area contributed by atoms with Crippen molar-refractivity contribution in [3.8, 4) is 0 Å². The van der Waals surface area contributed by atoms with Crippen molar-refractivity contribution in [1.29, 1.82) is 0 Å². The van der Waals surface area contributed by atoms with Gasteiger partial charge in [-0.3, -0.25) is 4.79 Å². The molecule has 0 saturated heterocycles. The Bertz CT molecular complexity index is 351. The third-order valence-electron chi connectivity index (χ3n) is 2.36. The third-order valence-corrected chi connectivity index (χ3v) is 2.36. The molecule has 0 unspecified atom stereocenters. The summed E-state index contributed by atoms with van der Waals surface area (Å²) in [6.07, 6.45) is 1.99. The summed E-state index contributed by atoms with van der Waals surface area (Å²) in [6.45, 7) is 1.49. The molecule has 0 aliphatic rings. The quantitative estimate of drug-likeness (QED) is 0.154. The van der Waals surface area contributed by atoms with Crippen molar-refractivity contribution < 1.29 is 29.3 Å². The minimum atomic E-state index is -1.18. The molecule has 0 saturated carbocycles. The third kappa shape index (κ3) is 12.2. The van der Waals surface area contributed by atoms with Gasteiger partial charge in [-0.2, -0.15) is 0 Å². The zero-order chi connectivity index (χ0) is 17.7. The number of unbranched alkanes of at least 4 members (excludes halogenated alkanes) is 1. The van der Waals surface area contributed by atoms with E-state index in [0.717, 1.165) is 12.8 Å². The predicted octanol–water partition coefficient (Wildman–Crippen LogP) is -2.75. The Hall–Kier alpha value is -1.59. The van der Waals surface area contributed by atoms with Gasteiger partial charge in [-0.25, -0.2) is 9.59 Å². The molecule has 0 heterocycles. The number of carboxylic acid groups (broad SMARTS) is 1. The van der Waals surface area contributed by atoms with E-state index in [9.17, 15) is 14.4 Å². The fraction of sp³-hybridized carbons (Fsp3) is 0.750. The molecule has 22 heavy (non-hydrogen) atoms. The summed E-state index contributed by atoms with van der Waals surface area (Å²) in [6, 6.07) is -2.72. The summed E-state index contributed by atoms with van der Waals surface area (Å²) in [4.78, 5) is 31.8. The van der Waals surface area contributed by atoms with Crippen LogP contribution in [0.3, 0.4) is 0 Å². The van der Waals surface area contributed by atoms with Gasteiger partial charge in [0.25, 0.3) is 0 Å². The number of carbonyl (C=O) groups excluding carboxylic acids is 2. The summed E-state index contributed by atoms with van der Waals surface area (Å²) in [5.41, 5.74) is 20.8. The zero-order valence-electron chi connectivity index (χ0n) is 12.6. The Labute approximate surface area is 128 Å². The minimum absolute atomic E-state index is 0.461. The topological polar surface area (TPSA) is 205 Å². The predicted molar refractivity (Wildman–Crippen MR) is 78.3 cm³/mol. The number of nitrogens with two attached hydrogens (primary N) is 4. The van der Waals surface area contributed by atoms with E-state index in [4.69, 9.17) is 33.1 Å². The normalized spacial score (nSPS) is 14.1. The highest BCUT2D eigenvalue weighted by atomic mass is 16.6. The number of aliphatic carboxylic acids is 1. The van der Waals surface area contributed by atoms with Gasteiger partial charge < -0.3 is 37.9 Å². The smallest absolute Gasteiger partial charge is 0.330 e. The second-order valence-electron chi connectivity index (χ2n) is 4.55. The number of aliphatic hydroxyl groups excluding tert-OH is 1. The molecule has 0 amide bonds. The Morgan fingerprint density at radius 1 is 1.05 bits per heavy atom. The first-order valence-corrected chi connectivity index (χ1v) is 6.73. The van der Waals surface area contributed by atoms with Crippen molar-refractivity contribution >= 4 is 17.9 Å². The Morgan fingerprint density at radius 3 is 1.91 bits per heavy atom. The number of hydrogen-bond donors (Lipinski definition) is 6. The number of hydrogen-bond acceptors (Lipinski definition) is 9. The zero-order valence-corrected chi connectivity index (χ0v) is 12.6. The number of aliphatic hydroxyl groups is 1. The number of rotatable bonds is 8. The highest BCUT2D eigenvalue weighted by Crippen LogP contribution is 2.00. The van der Waals surface area contributed by atoms with E-state index in [2.05, 4.69) is 4.74 Å². The monoisotopic (exact) mass is 322 g/mol. The van der Waals surface area contributed by atoms with Crippen LogP contribution in [0.15, 0.2) is 0 Å². The lowest BCUT2D eigenvalue weighted by molar-refractivity contribution is -0.161. The number of carbonyl (C=O) groups is 3. The fourth-order valence-electron chi connectivity index (χ4n) is 0.972. The second kappa shape index (κ2) is 13.1. The van der Waals surface area contributed by atoms with Crippen LogP contribution in [0.2, 0.25) is 0 Å². The molecule has 130 valence electrons. The summed E-state index contributed by atoms with van der Waals surface area (Å²) in [5.74, 6) is -2.66. The van der Waals surface area contributed by atoms with Crippen LogP contribution in [0.4, 0.5) is 0 Å². The minimum Gasteiger partial charge on any atom is -0.480 e. The van der Waals surface area contributed by atoms with Gasteiger partial charge in [-0.1, -0.05) is 6.42 Å². The highest BCUT2D eigenvalue weighted by molar-refractivity contribution is 5.90. The maximum Gasteiger partial charge on any atom is 0.330 e. The summed E-state index contributed by atoms with van der Waals surface area (Å²) < 4.78 is 4.45. The first kappa shape index (κ1) is 22.7. The van der Waals surface area contributed by atoms with Crippen LogP contribution < -0.4 is 22.9 Å². The molecular weight excluding hydrogens is 296 g/mol. The van der Waals surface area contributed by atoms with Crippen LogP contribution in [0.25, 0.3) is 0 Å². The van der Waals surface area contributed by atoms with E-state index in [1.165, 1.54) is 6.92 Å². The van der Waals surface area contributed by atoms with Gasteiger partial charge in [0.1, 0.15) is 18.1 Å². The van der Waals surface area contributed by atoms with Crippen molar-refractivity contribution in [2.75, 3.05) is 13.2 Å². The molecule has 0 aromatic carbocycles. The van der Waals surface area contributed by atoms with Crippen LogP contribution in [0, 0.1) is 0 Å². The molecule has 0 radical (unpaired) electrons. The van der Waals surface area contributed by atoms with E-state index in [1.54, 1.807) is 0 Å². The standard InChI is InChI=1S/C9H19N3O3.C3H7NO3/c1-6(11)8(13)15-9(14)7(12)4-2-3-5-10;4-2(1-5)3(6)7/h6-7H,2-5,10-12H2,1H3;2,5H,1,4H2,(H,6,7)/t6-,7-;2-/m00/s1. The molecule has 10 heteroatoms. The molecule has 0 aromatic rings. The van der Waals surface area contributed by atoms with Gasteiger partial charge in [0, 0.05) is 0 Å². The van der Waals surface area contributed by atoms with Gasteiger partial charge >= 0.3 is 17.9 Å². The summed E-state index contributed by atoms with van der Waals surface area (Å²) in [5, 5.41) is 15.9. The van der Waals surface area contributed by atoms with E-state index < -0.39 is 42.6 Å². The Balaban J connectivity index is 0. The first-order chi connectivity index (χ1) is 10.2. The van der Waals surface area contributed by atoms with Gasteiger partial charge in [-0.15, -0.1) is 0 Å². The molecule has 3 atom stereocenters. The molecule has 0 aromatic heterocycles. The van der Waals surface area contributed by atoms with Crippen LogP contribution >= 0.6 is 0 Å². The summed E-state index contributed by atoms with van der Waals surface area (Å²) in [7, 11) is 0. The first-order valence-electron chi connectivity index (χ1n) is 6.73. The van der Waals surface area contributed by atoms with Gasteiger partial charge in [-0.05, 0) is 26.3 Å².